The van der Waals surface area contributed by atoms with E-state index < -0.39 is 0 Å². The molecule has 2 rings (SSSR count). The third-order valence-electron chi connectivity index (χ3n) is 1.88. The Labute approximate surface area is 90.8 Å². The first-order valence-corrected chi connectivity index (χ1v) is 4.69. The van der Waals surface area contributed by atoms with Crippen molar-refractivity contribution in [3.8, 4) is 11.3 Å². The summed E-state index contributed by atoms with van der Waals surface area (Å²) in [5.41, 5.74) is 7.57. The number of H-pyrrole nitrogens is 1. The molecule has 1 aromatic heterocycles. The third-order valence-corrected chi connectivity index (χ3v) is 2.51. The molecule has 1 aromatic carbocycles. The Morgan fingerprint density at radius 1 is 1.21 bits per heavy atom. The monoisotopic (exact) mass is 227 g/mol. The van der Waals surface area contributed by atoms with Crippen molar-refractivity contribution in [2.75, 3.05) is 5.73 Å². The summed E-state index contributed by atoms with van der Waals surface area (Å²) in [6.45, 7) is 0. The minimum Gasteiger partial charge on any atom is -0.396 e. The molecule has 0 atom stereocenters. The molecule has 5 heteroatoms. The second-order valence-electron chi connectivity index (χ2n) is 2.80. The number of benzene rings is 1. The van der Waals surface area contributed by atoms with Crippen molar-refractivity contribution in [3.63, 3.8) is 0 Å². The summed E-state index contributed by atoms with van der Waals surface area (Å²) in [5.74, 6) is 0. The van der Waals surface area contributed by atoms with E-state index >= 15 is 0 Å². The summed E-state index contributed by atoms with van der Waals surface area (Å²) >= 11 is 12.0. The lowest BCUT2D eigenvalue weighted by Gasteiger charge is -2.04. The molecule has 0 spiro atoms. The molecule has 0 saturated carbocycles. The van der Waals surface area contributed by atoms with Gasteiger partial charge in [-0.05, 0) is 12.1 Å². The molecule has 3 N–H and O–H groups in total. The largest absolute Gasteiger partial charge is 0.396 e. The van der Waals surface area contributed by atoms with Gasteiger partial charge in [0.1, 0.15) is 0 Å². The van der Waals surface area contributed by atoms with Crippen molar-refractivity contribution in [1.82, 2.24) is 10.2 Å². The molecule has 0 aliphatic carbocycles. The van der Waals surface area contributed by atoms with Crippen LogP contribution in [0.4, 0.5) is 5.69 Å². The maximum absolute atomic E-state index is 6.01. The summed E-state index contributed by atoms with van der Waals surface area (Å²) in [4.78, 5) is 0. The molecule has 3 nitrogen and oxygen atoms in total. The molecule has 0 bridgehead atoms. The lowest BCUT2D eigenvalue weighted by atomic mass is 10.1. The van der Waals surface area contributed by atoms with Crippen LogP contribution in [-0.4, -0.2) is 10.2 Å². The standard InChI is InChI=1S/C9H7Cl2N3/c10-5-2-1-3-6(11)8(5)9-7(12)4-13-14-9/h1-4H,12H2,(H,13,14). The summed E-state index contributed by atoms with van der Waals surface area (Å²) < 4.78 is 0. The Morgan fingerprint density at radius 3 is 2.36 bits per heavy atom. The highest BCUT2D eigenvalue weighted by molar-refractivity contribution is 6.39. The van der Waals surface area contributed by atoms with Gasteiger partial charge in [0.2, 0.25) is 0 Å². The molecule has 0 fully saturated rings. The second-order valence-corrected chi connectivity index (χ2v) is 3.61. The van der Waals surface area contributed by atoms with Gasteiger partial charge in [-0.15, -0.1) is 0 Å². The number of nitrogens with zero attached hydrogens (tertiary/aromatic N) is 1. The van der Waals surface area contributed by atoms with Crippen molar-refractivity contribution in [2.24, 2.45) is 0 Å². The van der Waals surface area contributed by atoms with Gasteiger partial charge in [-0.1, -0.05) is 29.3 Å². The number of nitrogen functional groups attached to an aromatic ring is 1. The lowest BCUT2D eigenvalue weighted by molar-refractivity contribution is 1.10. The normalized spacial score (nSPS) is 10.4. The maximum atomic E-state index is 6.01. The fourth-order valence-electron chi connectivity index (χ4n) is 1.23. The zero-order chi connectivity index (χ0) is 10.1. The first kappa shape index (κ1) is 9.37. The molecule has 0 unspecified atom stereocenters. The first-order chi connectivity index (χ1) is 6.70. The number of nitrogens with one attached hydrogen (secondary N) is 1. The van der Waals surface area contributed by atoms with Crippen LogP contribution >= 0.6 is 23.2 Å². The van der Waals surface area contributed by atoms with Crippen molar-refractivity contribution in [2.45, 2.75) is 0 Å². The smallest absolute Gasteiger partial charge is 0.0909 e. The van der Waals surface area contributed by atoms with Crippen LogP contribution in [-0.2, 0) is 0 Å². The van der Waals surface area contributed by atoms with E-state index in [1.807, 2.05) is 0 Å². The van der Waals surface area contributed by atoms with Crippen LogP contribution in [0.5, 0.6) is 0 Å². The number of aromatic amines is 1. The maximum Gasteiger partial charge on any atom is 0.0909 e. The lowest BCUT2D eigenvalue weighted by Crippen LogP contribution is -1.88. The topological polar surface area (TPSA) is 54.7 Å². The van der Waals surface area contributed by atoms with Gasteiger partial charge in [0.05, 0.1) is 27.6 Å². The summed E-state index contributed by atoms with van der Waals surface area (Å²) in [6, 6.07) is 5.28. The minimum atomic E-state index is 0.528. The van der Waals surface area contributed by atoms with E-state index in [0.717, 1.165) is 0 Å². The van der Waals surface area contributed by atoms with Crippen LogP contribution in [0.15, 0.2) is 24.4 Å². The fraction of sp³-hybridized carbons (Fsp3) is 0. The molecule has 14 heavy (non-hydrogen) atoms. The zero-order valence-corrected chi connectivity index (χ0v) is 8.60. The van der Waals surface area contributed by atoms with E-state index in [-0.39, 0.29) is 0 Å². The first-order valence-electron chi connectivity index (χ1n) is 3.93. The van der Waals surface area contributed by atoms with Gasteiger partial charge in [-0.3, -0.25) is 5.10 Å². The molecule has 0 aliphatic rings. The van der Waals surface area contributed by atoms with Crippen LogP contribution in [0.25, 0.3) is 11.3 Å². The molecule has 1 heterocycles. The van der Waals surface area contributed by atoms with Gasteiger partial charge < -0.3 is 5.73 Å². The van der Waals surface area contributed by atoms with E-state index in [1.165, 1.54) is 6.20 Å². The molecule has 0 radical (unpaired) electrons. The predicted molar refractivity (Wildman–Crippen MR) is 58.5 cm³/mol. The van der Waals surface area contributed by atoms with E-state index in [4.69, 9.17) is 28.9 Å². The number of anilines is 1. The third kappa shape index (κ3) is 1.45. The molecule has 72 valence electrons. The average molecular weight is 228 g/mol. The van der Waals surface area contributed by atoms with Gasteiger partial charge in [0, 0.05) is 5.56 Å². The Hall–Kier alpha value is -1.19. The molecular formula is C9H7Cl2N3. The van der Waals surface area contributed by atoms with Crippen molar-refractivity contribution in [1.29, 1.82) is 0 Å². The van der Waals surface area contributed by atoms with E-state index in [1.54, 1.807) is 18.2 Å². The van der Waals surface area contributed by atoms with Gasteiger partial charge in [-0.25, -0.2) is 0 Å². The van der Waals surface area contributed by atoms with Crippen LogP contribution in [0.3, 0.4) is 0 Å². The Bertz CT molecular complexity index is 445. The zero-order valence-electron chi connectivity index (χ0n) is 7.09. The molecule has 0 amide bonds. The van der Waals surface area contributed by atoms with Crippen molar-refractivity contribution >= 4 is 28.9 Å². The van der Waals surface area contributed by atoms with E-state index in [2.05, 4.69) is 10.2 Å². The molecule has 2 aromatic rings. The molecular weight excluding hydrogens is 221 g/mol. The average Bonchev–Trinajstić information content (AvgIpc) is 2.52. The van der Waals surface area contributed by atoms with Gasteiger partial charge >= 0.3 is 0 Å². The van der Waals surface area contributed by atoms with Gasteiger partial charge in [-0.2, -0.15) is 5.10 Å². The Kier molecular flexibility index (Phi) is 2.35. The number of hydrogen-bond acceptors (Lipinski definition) is 2. The van der Waals surface area contributed by atoms with Crippen LogP contribution in [0.2, 0.25) is 10.0 Å². The number of nitrogens with two attached hydrogens (primary N) is 1. The highest BCUT2D eigenvalue weighted by Gasteiger charge is 2.12. The summed E-state index contributed by atoms with van der Waals surface area (Å²) in [6.07, 6.45) is 1.52. The number of halogens is 2. The number of hydrogen-bond donors (Lipinski definition) is 2. The summed E-state index contributed by atoms with van der Waals surface area (Å²) in [7, 11) is 0. The quantitative estimate of drug-likeness (QED) is 0.788. The van der Waals surface area contributed by atoms with Gasteiger partial charge in [0.25, 0.3) is 0 Å². The van der Waals surface area contributed by atoms with Crippen LogP contribution in [0, 0.1) is 0 Å². The fourth-order valence-corrected chi connectivity index (χ4v) is 1.82. The highest BCUT2D eigenvalue weighted by atomic mass is 35.5. The Morgan fingerprint density at radius 2 is 1.86 bits per heavy atom. The number of aromatic nitrogens is 2. The predicted octanol–water partition coefficient (Wildman–Crippen LogP) is 2.97. The van der Waals surface area contributed by atoms with Crippen molar-refractivity contribution in [3.05, 3.63) is 34.4 Å². The van der Waals surface area contributed by atoms with Crippen molar-refractivity contribution < 1.29 is 0 Å². The minimum absolute atomic E-state index is 0.528. The summed E-state index contributed by atoms with van der Waals surface area (Å²) in [5, 5.41) is 7.67. The Balaban J connectivity index is 2.68. The van der Waals surface area contributed by atoms with E-state index in [0.29, 0.717) is 27.0 Å². The number of rotatable bonds is 1. The second kappa shape index (κ2) is 3.52. The van der Waals surface area contributed by atoms with Crippen LogP contribution in [0.1, 0.15) is 0 Å². The van der Waals surface area contributed by atoms with E-state index in [9.17, 15) is 0 Å². The van der Waals surface area contributed by atoms with Gasteiger partial charge in [0.15, 0.2) is 0 Å². The van der Waals surface area contributed by atoms with Crippen LogP contribution < -0.4 is 5.73 Å². The molecule has 0 aliphatic heterocycles. The molecule has 0 saturated heterocycles. The SMILES string of the molecule is Nc1cn[nH]c1-c1c(Cl)cccc1Cl. The highest BCUT2D eigenvalue weighted by Crippen LogP contribution is 2.35.